The van der Waals surface area contributed by atoms with Gasteiger partial charge in [0.15, 0.2) is 0 Å². The molecule has 0 atom stereocenters. The molecule has 0 amide bonds. The summed E-state index contributed by atoms with van der Waals surface area (Å²) in [6, 6.07) is 14.0. The van der Waals surface area contributed by atoms with Crippen molar-refractivity contribution in [3.63, 3.8) is 0 Å². The van der Waals surface area contributed by atoms with Crippen LogP contribution in [0, 0.1) is 17.1 Å². The molecule has 0 saturated heterocycles. The summed E-state index contributed by atoms with van der Waals surface area (Å²) in [5.41, 5.74) is 2.25. The van der Waals surface area contributed by atoms with Crippen molar-refractivity contribution < 1.29 is 4.39 Å². The molecule has 0 radical (unpaired) electrons. The van der Waals surface area contributed by atoms with Crippen molar-refractivity contribution in [1.29, 1.82) is 5.26 Å². The zero-order valence-electron chi connectivity index (χ0n) is 10.5. The second-order valence-corrected chi connectivity index (χ2v) is 4.94. The third-order valence-electron chi connectivity index (χ3n) is 3.28. The topological polar surface area (TPSA) is 28.7 Å². The minimum absolute atomic E-state index is 0.229. The number of benzene rings is 2. The Morgan fingerprint density at radius 3 is 2.80 bits per heavy atom. The second-order valence-electron chi connectivity index (χ2n) is 4.53. The van der Waals surface area contributed by atoms with Crippen molar-refractivity contribution in [3.8, 4) is 6.07 Å². The minimum Gasteiger partial charge on any atom is -0.343 e. The maximum atomic E-state index is 13.6. The highest BCUT2D eigenvalue weighted by atomic mass is 35.5. The summed E-state index contributed by atoms with van der Waals surface area (Å²) in [4.78, 5) is 0. The van der Waals surface area contributed by atoms with Crippen LogP contribution in [0.1, 0.15) is 11.1 Å². The molecule has 3 aromatic rings. The fraction of sp³-hybridized carbons (Fsp3) is 0.0625. The quantitative estimate of drug-likeness (QED) is 0.687. The number of hydrogen-bond donors (Lipinski definition) is 0. The Morgan fingerprint density at radius 1 is 1.20 bits per heavy atom. The summed E-state index contributed by atoms with van der Waals surface area (Å²) in [5, 5.41) is 9.96. The molecule has 0 aliphatic carbocycles. The van der Waals surface area contributed by atoms with Gasteiger partial charge in [0.25, 0.3) is 0 Å². The van der Waals surface area contributed by atoms with Gasteiger partial charge in [0, 0.05) is 23.2 Å². The van der Waals surface area contributed by atoms with Crippen molar-refractivity contribution in [2.24, 2.45) is 0 Å². The largest absolute Gasteiger partial charge is 0.343 e. The predicted octanol–water partition coefficient (Wildman–Crippen LogP) is 4.35. The van der Waals surface area contributed by atoms with Gasteiger partial charge in [0.2, 0.25) is 0 Å². The van der Waals surface area contributed by atoms with Gasteiger partial charge in [0.05, 0.1) is 17.1 Å². The number of hydrogen-bond acceptors (Lipinski definition) is 1. The van der Waals surface area contributed by atoms with Gasteiger partial charge in [0.1, 0.15) is 5.82 Å². The fourth-order valence-corrected chi connectivity index (χ4v) is 2.49. The fourth-order valence-electron chi connectivity index (χ4n) is 2.25. The smallest absolute Gasteiger partial charge is 0.132 e. The van der Waals surface area contributed by atoms with E-state index in [-0.39, 0.29) is 5.82 Å². The van der Waals surface area contributed by atoms with Crippen LogP contribution < -0.4 is 0 Å². The van der Waals surface area contributed by atoms with E-state index >= 15 is 0 Å². The molecule has 0 aliphatic heterocycles. The molecule has 0 bridgehead atoms. The van der Waals surface area contributed by atoms with Gasteiger partial charge >= 0.3 is 0 Å². The van der Waals surface area contributed by atoms with Crippen LogP contribution in [0.4, 0.5) is 4.39 Å². The molecule has 0 N–H and O–H groups in total. The first-order chi connectivity index (χ1) is 9.69. The molecule has 2 nitrogen and oxygen atoms in total. The molecule has 0 spiro atoms. The van der Waals surface area contributed by atoms with E-state index in [2.05, 4.69) is 6.07 Å². The maximum absolute atomic E-state index is 13.6. The van der Waals surface area contributed by atoms with E-state index in [1.54, 1.807) is 24.3 Å². The van der Waals surface area contributed by atoms with E-state index in [4.69, 9.17) is 16.9 Å². The van der Waals surface area contributed by atoms with Gasteiger partial charge < -0.3 is 4.57 Å². The lowest BCUT2D eigenvalue weighted by atomic mass is 10.1. The second kappa shape index (κ2) is 4.99. The third kappa shape index (κ3) is 2.15. The molecule has 0 fully saturated rings. The Labute approximate surface area is 120 Å². The summed E-state index contributed by atoms with van der Waals surface area (Å²) in [6.07, 6.45) is 1.84. The first-order valence-corrected chi connectivity index (χ1v) is 6.49. The number of halogens is 2. The lowest BCUT2D eigenvalue weighted by molar-refractivity contribution is 0.639. The molecule has 0 unspecified atom stereocenters. The summed E-state index contributed by atoms with van der Waals surface area (Å²) < 4.78 is 15.6. The van der Waals surface area contributed by atoms with Crippen molar-refractivity contribution in [2.75, 3.05) is 0 Å². The van der Waals surface area contributed by atoms with Crippen molar-refractivity contribution in [2.45, 2.75) is 6.54 Å². The van der Waals surface area contributed by atoms with Crippen LogP contribution in [0.25, 0.3) is 10.9 Å². The van der Waals surface area contributed by atoms with Crippen molar-refractivity contribution in [3.05, 3.63) is 70.6 Å². The van der Waals surface area contributed by atoms with Gasteiger partial charge in [-0.2, -0.15) is 5.26 Å². The maximum Gasteiger partial charge on any atom is 0.132 e. The van der Waals surface area contributed by atoms with Crippen LogP contribution in [0.2, 0.25) is 5.02 Å². The molecule has 3 rings (SSSR count). The highest BCUT2D eigenvalue weighted by molar-refractivity contribution is 6.31. The lowest BCUT2D eigenvalue weighted by Gasteiger charge is -2.08. The van der Waals surface area contributed by atoms with Crippen molar-refractivity contribution in [1.82, 2.24) is 4.57 Å². The van der Waals surface area contributed by atoms with E-state index in [1.807, 2.05) is 22.9 Å². The Morgan fingerprint density at radius 2 is 2.05 bits per heavy atom. The van der Waals surface area contributed by atoms with Crippen LogP contribution in [-0.2, 0) is 6.54 Å². The minimum atomic E-state index is -0.229. The number of nitrogens with zero attached hydrogens (tertiary/aromatic N) is 2. The van der Waals surface area contributed by atoms with Gasteiger partial charge in [-0.15, -0.1) is 0 Å². The summed E-state index contributed by atoms with van der Waals surface area (Å²) in [5.74, 6) is -0.229. The molecule has 1 heterocycles. The third-order valence-corrected chi connectivity index (χ3v) is 3.64. The Bertz CT molecular complexity index is 830. The standard InChI is InChI=1S/C16H10ClFN2/c17-14-8-11(9-19)4-5-12(14)10-20-7-6-13-15(18)2-1-3-16(13)20/h1-8H,10H2. The summed E-state index contributed by atoms with van der Waals surface area (Å²) in [6.45, 7) is 0.539. The van der Waals surface area contributed by atoms with Gasteiger partial charge in [-0.1, -0.05) is 23.7 Å². The van der Waals surface area contributed by atoms with Crippen LogP contribution >= 0.6 is 11.6 Å². The average Bonchev–Trinajstić information content (AvgIpc) is 2.86. The highest BCUT2D eigenvalue weighted by Gasteiger charge is 2.08. The molecule has 0 aliphatic rings. The SMILES string of the molecule is N#Cc1ccc(Cn2ccc3c(F)cccc32)c(Cl)c1. The normalized spacial score (nSPS) is 10.7. The first-order valence-electron chi connectivity index (χ1n) is 6.11. The molecule has 0 saturated carbocycles. The Balaban J connectivity index is 2.02. The zero-order valence-corrected chi connectivity index (χ0v) is 11.2. The Hall–Kier alpha value is -2.31. The number of rotatable bonds is 2. The monoisotopic (exact) mass is 284 g/mol. The molecule has 98 valence electrons. The van der Waals surface area contributed by atoms with E-state index in [9.17, 15) is 4.39 Å². The number of nitriles is 1. The van der Waals surface area contributed by atoms with E-state index in [1.165, 1.54) is 6.07 Å². The van der Waals surface area contributed by atoms with Crippen LogP contribution in [0.15, 0.2) is 48.7 Å². The molecule has 20 heavy (non-hydrogen) atoms. The lowest BCUT2D eigenvalue weighted by Crippen LogP contribution is -1.99. The molecule has 1 aromatic heterocycles. The zero-order chi connectivity index (χ0) is 14.1. The van der Waals surface area contributed by atoms with Crippen LogP contribution in [0.5, 0.6) is 0 Å². The Kier molecular flexibility index (Phi) is 3.17. The summed E-state index contributed by atoms with van der Waals surface area (Å²) in [7, 11) is 0. The molecule has 4 heteroatoms. The van der Waals surface area contributed by atoms with E-state index in [0.29, 0.717) is 22.5 Å². The molecule has 2 aromatic carbocycles. The van der Waals surface area contributed by atoms with E-state index < -0.39 is 0 Å². The van der Waals surface area contributed by atoms with Crippen LogP contribution in [-0.4, -0.2) is 4.57 Å². The first kappa shape index (κ1) is 12.7. The van der Waals surface area contributed by atoms with Crippen molar-refractivity contribution >= 4 is 22.5 Å². The van der Waals surface area contributed by atoms with E-state index in [0.717, 1.165) is 11.1 Å². The van der Waals surface area contributed by atoms with Gasteiger partial charge in [-0.3, -0.25) is 0 Å². The molecular formula is C16H10ClFN2. The van der Waals surface area contributed by atoms with Gasteiger partial charge in [-0.05, 0) is 35.9 Å². The predicted molar refractivity (Wildman–Crippen MR) is 77.2 cm³/mol. The number of aromatic nitrogens is 1. The summed E-state index contributed by atoms with van der Waals surface area (Å²) >= 11 is 6.17. The molecular weight excluding hydrogens is 275 g/mol. The van der Waals surface area contributed by atoms with Gasteiger partial charge in [-0.25, -0.2) is 4.39 Å². The average molecular weight is 285 g/mol. The van der Waals surface area contributed by atoms with Crippen LogP contribution in [0.3, 0.4) is 0 Å². The highest BCUT2D eigenvalue weighted by Crippen LogP contribution is 2.23. The number of fused-ring (bicyclic) bond motifs is 1.